The van der Waals surface area contributed by atoms with Crippen molar-refractivity contribution in [1.82, 2.24) is 5.32 Å². The van der Waals surface area contributed by atoms with Crippen molar-refractivity contribution in [3.05, 3.63) is 35.1 Å². The molecular formula is C13H17NO. The molecule has 2 aromatic rings. The minimum Gasteiger partial charge on any atom is -0.464 e. The molecule has 0 aliphatic rings. The molecule has 80 valence electrons. The number of aryl methyl sites for hydroxylation is 2. The van der Waals surface area contributed by atoms with Crippen LogP contribution in [0.2, 0.25) is 0 Å². The molecular weight excluding hydrogens is 186 g/mol. The SMILES string of the molecule is CCNCc1coc2c(C)c(C)ccc12. The van der Waals surface area contributed by atoms with Crippen molar-refractivity contribution < 1.29 is 4.42 Å². The van der Waals surface area contributed by atoms with E-state index in [1.54, 1.807) is 0 Å². The van der Waals surface area contributed by atoms with Crippen molar-refractivity contribution in [2.24, 2.45) is 0 Å². The molecule has 0 saturated heterocycles. The van der Waals surface area contributed by atoms with E-state index in [0.717, 1.165) is 18.7 Å². The summed E-state index contributed by atoms with van der Waals surface area (Å²) in [7, 11) is 0. The molecule has 0 radical (unpaired) electrons. The van der Waals surface area contributed by atoms with E-state index in [-0.39, 0.29) is 0 Å². The summed E-state index contributed by atoms with van der Waals surface area (Å²) in [5, 5.41) is 4.55. The second-order valence-corrected chi connectivity index (χ2v) is 3.93. The molecule has 15 heavy (non-hydrogen) atoms. The Hall–Kier alpha value is -1.28. The van der Waals surface area contributed by atoms with Crippen molar-refractivity contribution >= 4 is 11.0 Å². The number of hydrogen-bond acceptors (Lipinski definition) is 2. The summed E-state index contributed by atoms with van der Waals surface area (Å²) < 4.78 is 5.62. The second-order valence-electron chi connectivity index (χ2n) is 3.93. The molecule has 0 bridgehead atoms. The van der Waals surface area contributed by atoms with E-state index in [1.807, 2.05) is 6.26 Å². The lowest BCUT2D eigenvalue weighted by Gasteiger charge is -2.01. The summed E-state index contributed by atoms with van der Waals surface area (Å²) in [5.74, 6) is 0. The number of furan rings is 1. The molecule has 1 N–H and O–H groups in total. The van der Waals surface area contributed by atoms with Gasteiger partial charge in [0.15, 0.2) is 0 Å². The summed E-state index contributed by atoms with van der Waals surface area (Å²) in [6, 6.07) is 4.30. The van der Waals surface area contributed by atoms with Crippen molar-refractivity contribution in [3.63, 3.8) is 0 Å². The van der Waals surface area contributed by atoms with E-state index >= 15 is 0 Å². The number of fused-ring (bicyclic) bond motifs is 1. The van der Waals surface area contributed by atoms with Crippen LogP contribution in [0, 0.1) is 13.8 Å². The third kappa shape index (κ3) is 1.77. The van der Waals surface area contributed by atoms with E-state index < -0.39 is 0 Å². The maximum atomic E-state index is 5.62. The van der Waals surface area contributed by atoms with Crippen LogP contribution in [0.3, 0.4) is 0 Å². The number of benzene rings is 1. The van der Waals surface area contributed by atoms with Crippen LogP contribution in [0.15, 0.2) is 22.8 Å². The molecule has 0 aliphatic heterocycles. The van der Waals surface area contributed by atoms with Gasteiger partial charge in [-0.2, -0.15) is 0 Å². The highest BCUT2D eigenvalue weighted by Crippen LogP contribution is 2.26. The van der Waals surface area contributed by atoms with Gasteiger partial charge in [-0.15, -0.1) is 0 Å². The Labute approximate surface area is 90.3 Å². The molecule has 0 spiro atoms. The highest BCUT2D eigenvalue weighted by atomic mass is 16.3. The standard InChI is InChI=1S/C13H17NO/c1-4-14-7-11-8-15-13-10(3)9(2)5-6-12(11)13/h5-6,8,14H,4,7H2,1-3H3. The van der Waals surface area contributed by atoms with Gasteiger partial charge in [0, 0.05) is 17.5 Å². The van der Waals surface area contributed by atoms with Gasteiger partial charge in [-0.05, 0) is 31.5 Å². The normalized spacial score (nSPS) is 11.1. The summed E-state index contributed by atoms with van der Waals surface area (Å²) in [6.45, 7) is 8.20. The molecule has 0 saturated carbocycles. The predicted molar refractivity (Wildman–Crippen MR) is 63.1 cm³/mol. The van der Waals surface area contributed by atoms with Gasteiger partial charge in [-0.3, -0.25) is 0 Å². The van der Waals surface area contributed by atoms with E-state index in [0.29, 0.717) is 0 Å². The highest BCUT2D eigenvalue weighted by molar-refractivity contribution is 5.84. The van der Waals surface area contributed by atoms with Crippen LogP contribution in [-0.2, 0) is 6.54 Å². The first-order chi connectivity index (χ1) is 7.24. The number of rotatable bonds is 3. The Morgan fingerprint density at radius 3 is 2.80 bits per heavy atom. The fourth-order valence-corrected chi connectivity index (χ4v) is 1.78. The first-order valence-corrected chi connectivity index (χ1v) is 5.41. The van der Waals surface area contributed by atoms with Gasteiger partial charge in [0.05, 0.1) is 6.26 Å². The topological polar surface area (TPSA) is 25.2 Å². The minimum absolute atomic E-state index is 0.881. The van der Waals surface area contributed by atoms with Crippen LogP contribution in [0.4, 0.5) is 0 Å². The van der Waals surface area contributed by atoms with Crippen LogP contribution in [0.1, 0.15) is 23.6 Å². The number of nitrogens with one attached hydrogen (secondary N) is 1. The Balaban J connectivity index is 2.47. The number of hydrogen-bond donors (Lipinski definition) is 1. The predicted octanol–water partition coefficient (Wildman–Crippen LogP) is 3.16. The maximum Gasteiger partial charge on any atom is 0.137 e. The Morgan fingerprint density at radius 1 is 1.27 bits per heavy atom. The third-order valence-electron chi connectivity index (χ3n) is 2.91. The average molecular weight is 203 g/mol. The van der Waals surface area contributed by atoms with Crippen LogP contribution in [0.5, 0.6) is 0 Å². The lowest BCUT2D eigenvalue weighted by Crippen LogP contribution is -2.11. The Morgan fingerprint density at radius 2 is 2.07 bits per heavy atom. The summed E-state index contributed by atoms with van der Waals surface area (Å²) in [6.07, 6.45) is 1.86. The quantitative estimate of drug-likeness (QED) is 0.829. The lowest BCUT2D eigenvalue weighted by molar-refractivity contribution is 0.602. The minimum atomic E-state index is 0.881. The van der Waals surface area contributed by atoms with E-state index in [9.17, 15) is 0 Å². The van der Waals surface area contributed by atoms with Crippen LogP contribution in [-0.4, -0.2) is 6.54 Å². The monoisotopic (exact) mass is 203 g/mol. The van der Waals surface area contributed by atoms with E-state index in [2.05, 4.69) is 38.2 Å². The third-order valence-corrected chi connectivity index (χ3v) is 2.91. The smallest absolute Gasteiger partial charge is 0.137 e. The molecule has 0 amide bonds. The molecule has 2 nitrogen and oxygen atoms in total. The average Bonchev–Trinajstić information content (AvgIpc) is 2.64. The zero-order chi connectivity index (χ0) is 10.8. The summed E-state index contributed by atoms with van der Waals surface area (Å²) in [4.78, 5) is 0. The first-order valence-electron chi connectivity index (χ1n) is 5.41. The molecule has 2 rings (SSSR count). The molecule has 0 unspecified atom stereocenters. The fraction of sp³-hybridized carbons (Fsp3) is 0.385. The van der Waals surface area contributed by atoms with Gasteiger partial charge in [-0.25, -0.2) is 0 Å². The van der Waals surface area contributed by atoms with E-state index in [1.165, 1.54) is 22.1 Å². The van der Waals surface area contributed by atoms with Crippen molar-refractivity contribution in [1.29, 1.82) is 0 Å². The van der Waals surface area contributed by atoms with Gasteiger partial charge >= 0.3 is 0 Å². The second kappa shape index (κ2) is 4.07. The van der Waals surface area contributed by atoms with Gasteiger partial charge in [-0.1, -0.05) is 19.1 Å². The van der Waals surface area contributed by atoms with Crippen LogP contribution >= 0.6 is 0 Å². The molecule has 1 aromatic heterocycles. The van der Waals surface area contributed by atoms with Gasteiger partial charge in [0.25, 0.3) is 0 Å². The maximum absolute atomic E-state index is 5.62. The van der Waals surface area contributed by atoms with Crippen LogP contribution < -0.4 is 5.32 Å². The van der Waals surface area contributed by atoms with Gasteiger partial charge in [0.2, 0.25) is 0 Å². The Bertz CT molecular complexity index is 471. The van der Waals surface area contributed by atoms with Gasteiger partial charge < -0.3 is 9.73 Å². The molecule has 1 heterocycles. The van der Waals surface area contributed by atoms with Crippen molar-refractivity contribution in [2.75, 3.05) is 6.54 Å². The van der Waals surface area contributed by atoms with Crippen LogP contribution in [0.25, 0.3) is 11.0 Å². The molecule has 0 fully saturated rings. The summed E-state index contributed by atoms with van der Waals surface area (Å²) in [5.41, 5.74) is 4.81. The van der Waals surface area contributed by atoms with E-state index in [4.69, 9.17) is 4.42 Å². The Kier molecular flexibility index (Phi) is 2.78. The molecule has 0 atom stereocenters. The van der Waals surface area contributed by atoms with Crippen molar-refractivity contribution in [3.8, 4) is 0 Å². The fourth-order valence-electron chi connectivity index (χ4n) is 1.78. The molecule has 2 heteroatoms. The zero-order valence-electron chi connectivity index (χ0n) is 9.55. The summed E-state index contributed by atoms with van der Waals surface area (Å²) >= 11 is 0. The molecule has 0 aliphatic carbocycles. The molecule has 1 aromatic carbocycles. The lowest BCUT2D eigenvalue weighted by atomic mass is 10.1. The highest BCUT2D eigenvalue weighted by Gasteiger charge is 2.08. The largest absolute Gasteiger partial charge is 0.464 e. The van der Waals surface area contributed by atoms with Crippen molar-refractivity contribution in [2.45, 2.75) is 27.3 Å². The first kappa shape index (κ1) is 10.2. The zero-order valence-corrected chi connectivity index (χ0v) is 9.55. The van der Waals surface area contributed by atoms with Gasteiger partial charge in [0.1, 0.15) is 5.58 Å².